The summed E-state index contributed by atoms with van der Waals surface area (Å²) in [6.45, 7) is 4.09. The fraction of sp³-hybridized carbons (Fsp3) is 0.182. The third-order valence-electron chi connectivity index (χ3n) is 7.27. The summed E-state index contributed by atoms with van der Waals surface area (Å²) in [6.07, 6.45) is 0. The van der Waals surface area contributed by atoms with E-state index >= 15 is 0 Å². The third kappa shape index (κ3) is 5.74. The van der Waals surface area contributed by atoms with Gasteiger partial charge in [0.05, 0.1) is 25.8 Å². The maximum absolute atomic E-state index is 14.3. The second kappa shape index (κ2) is 11.7. The maximum Gasteiger partial charge on any atom is 0.267 e. The number of fused-ring (bicyclic) bond motifs is 2. The van der Waals surface area contributed by atoms with Crippen molar-refractivity contribution in [2.45, 2.75) is 26.4 Å². The highest BCUT2D eigenvalue weighted by Gasteiger charge is 2.18. The lowest BCUT2D eigenvalue weighted by atomic mass is 10.1. The molecule has 0 aliphatic heterocycles. The Morgan fingerprint density at radius 2 is 1.79 bits per heavy atom. The van der Waals surface area contributed by atoms with Gasteiger partial charge in [0.2, 0.25) is 0 Å². The first kappa shape index (κ1) is 28.2. The Hall–Kier alpha value is -4.96. The van der Waals surface area contributed by atoms with E-state index in [-0.39, 0.29) is 24.3 Å². The summed E-state index contributed by atoms with van der Waals surface area (Å²) >= 11 is 1.60. The Kier molecular flexibility index (Phi) is 7.69. The quantitative estimate of drug-likeness (QED) is 0.161. The molecule has 0 saturated heterocycles. The number of carbonyl (C=O) groups excluding carboxylic acids is 1. The van der Waals surface area contributed by atoms with Gasteiger partial charge in [-0.05, 0) is 67.4 Å². The molecular weight excluding hydrogens is 565 g/mol. The lowest BCUT2D eigenvalue weighted by Crippen LogP contribution is -2.23. The van der Waals surface area contributed by atoms with Crippen LogP contribution >= 0.6 is 11.3 Å². The van der Waals surface area contributed by atoms with Gasteiger partial charge in [-0.25, -0.2) is 14.4 Å². The van der Waals surface area contributed by atoms with E-state index in [2.05, 4.69) is 32.5 Å². The summed E-state index contributed by atoms with van der Waals surface area (Å²) in [5.41, 5.74) is 3.65. The van der Waals surface area contributed by atoms with Crippen molar-refractivity contribution in [2.24, 2.45) is 0 Å². The minimum atomic E-state index is -0.358. The predicted molar refractivity (Wildman–Crippen MR) is 169 cm³/mol. The van der Waals surface area contributed by atoms with Crippen LogP contribution in [0.4, 0.5) is 10.2 Å². The first-order valence-corrected chi connectivity index (χ1v) is 14.6. The monoisotopic (exact) mass is 595 g/mol. The topological polar surface area (TPSA) is 101 Å². The van der Waals surface area contributed by atoms with Crippen LogP contribution in [0.3, 0.4) is 0 Å². The molecule has 1 atom stereocenters. The SMILES string of the molecule is COc1cc2nc(C)nc(NC(C)c3ccc(-c4ccc(F)cc4CNC(=O)c4cc5ccccc5[nH]4)s3)c2cc1OC. The molecule has 0 spiro atoms. The summed E-state index contributed by atoms with van der Waals surface area (Å²) in [6, 6.07) is 21.9. The van der Waals surface area contributed by atoms with Crippen LogP contribution in [0.1, 0.15) is 39.7 Å². The molecule has 0 aliphatic carbocycles. The number of H-pyrrole nitrogens is 1. The second-order valence-corrected chi connectivity index (χ2v) is 11.3. The summed E-state index contributed by atoms with van der Waals surface area (Å²) in [5.74, 6) is 1.90. The largest absolute Gasteiger partial charge is 0.493 e. The first-order chi connectivity index (χ1) is 20.8. The molecule has 1 amide bonds. The van der Waals surface area contributed by atoms with Crippen molar-refractivity contribution >= 4 is 44.9 Å². The highest BCUT2D eigenvalue weighted by atomic mass is 32.1. The average molecular weight is 596 g/mol. The zero-order valence-corrected chi connectivity index (χ0v) is 24.9. The number of nitrogens with one attached hydrogen (secondary N) is 3. The number of hydrogen-bond acceptors (Lipinski definition) is 7. The third-order valence-corrected chi connectivity index (χ3v) is 8.57. The maximum atomic E-state index is 14.3. The van der Waals surface area contributed by atoms with Crippen LogP contribution in [0.15, 0.2) is 72.8 Å². The van der Waals surface area contributed by atoms with Crippen LogP contribution in [0.2, 0.25) is 0 Å². The van der Waals surface area contributed by atoms with Crippen LogP contribution in [-0.2, 0) is 6.54 Å². The Bertz CT molecular complexity index is 1930. The summed E-state index contributed by atoms with van der Waals surface area (Å²) in [7, 11) is 3.19. The summed E-state index contributed by atoms with van der Waals surface area (Å²) < 4.78 is 25.3. The second-order valence-electron chi connectivity index (χ2n) is 10.2. The van der Waals surface area contributed by atoms with Crippen molar-refractivity contribution in [2.75, 3.05) is 19.5 Å². The van der Waals surface area contributed by atoms with E-state index in [0.29, 0.717) is 34.4 Å². The number of amides is 1. The average Bonchev–Trinajstić information content (AvgIpc) is 3.67. The minimum Gasteiger partial charge on any atom is -0.493 e. The molecular formula is C33H30FN5O3S. The van der Waals surface area contributed by atoms with Crippen molar-refractivity contribution in [1.29, 1.82) is 0 Å². The van der Waals surface area contributed by atoms with Crippen LogP contribution < -0.4 is 20.1 Å². The van der Waals surface area contributed by atoms with Crippen LogP contribution in [0, 0.1) is 12.7 Å². The number of aromatic nitrogens is 3. The number of methoxy groups -OCH3 is 2. The number of hydrogen-bond donors (Lipinski definition) is 3. The fourth-order valence-corrected chi connectivity index (χ4v) is 6.17. The van der Waals surface area contributed by atoms with Crippen LogP contribution in [0.25, 0.3) is 32.2 Å². The molecule has 43 heavy (non-hydrogen) atoms. The van der Waals surface area contributed by atoms with Crippen LogP contribution in [-0.4, -0.2) is 35.1 Å². The number of carbonyl (C=O) groups is 1. The standard InChI is InChI=1S/C33H30FN5O3S/c1-18(36-32-24-15-28(41-3)29(42-4)16-26(24)37-19(2)38-32)30-11-12-31(43-30)23-10-9-22(34)13-21(23)17-35-33(40)27-14-20-7-5-6-8-25(20)39-27/h5-16,18,39H,17H2,1-4H3,(H,35,40)(H,36,37,38). The number of aromatic amines is 1. The number of rotatable bonds is 9. The van der Waals surface area contributed by atoms with E-state index in [4.69, 9.17) is 9.47 Å². The number of halogens is 1. The molecule has 1 unspecified atom stereocenters. The van der Waals surface area contributed by atoms with Crippen LogP contribution in [0.5, 0.6) is 11.5 Å². The van der Waals surface area contributed by atoms with Gasteiger partial charge in [0.25, 0.3) is 5.91 Å². The molecule has 0 bridgehead atoms. The highest BCUT2D eigenvalue weighted by Crippen LogP contribution is 2.37. The summed E-state index contributed by atoms with van der Waals surface area (Å²) in [4.78, 5) is 27.3. The van der Waals surface area contributed by atoms with Crippen molar-refractivity contribution in [3.63, 3.8) is 0 Å². The van der Waals surface area contributed by atoms with E-state index in [0.717, 1.165) is 37.1 Å². The molecule has 0 aliphatic rings. The number of para-hydroxylation sites is 1. The van der Waals surface area contributed by atoms with E-state index in [9.17, 15) is 9.18 Å². The van der Waals surface area contributed by atoms with Gasteiger partial charge in [-0.3, -0.25) is 4.79 Å². The molecule has 218 valence electrons. The lowest BCUT2D eigenvalue weighted by molar-refractivity contribution is 0.0946. The number of anilines is 1. The Morgan fingerprint density at radius 1 is 1.00 bits per heavy atom. The highest BCUT2D eigenvalue weighted by molar-refractivity contribution is 7.15. The van der Waals surface area contributed by atoms with Gasteiger partial charge in [0.15, 0.2) is 11.5 Å². The summed E-state index contributed by atoms with van der Waals surface area (Å²) in [5, 5.41) is 8.24. The van der Waals surface area contributed by atoms with Gasteiger partial charge in [-0.1, -0.05) is 24.3 Å². The van der Waals surface area contributed by atoms with Crippen molar-refractivity contribution in [3.05, 3.63) is 101 Å². The fourth-order valence-electron chi connectivity index (χ4n) is 5.10. The Balaban J connectivity index is 1.23. The molecule has 0 saturated carbocycles. The molecule has 0 fully saturated rings. The van der Waals surface area contributed by atoms with Gasteiger partial charge >= 0.3 is 0 Å². The van der Waals surface area contributed by atoms with E-state index in [1.54, 1.807) is 31.6 Å². The number of benzene rings is 3. The number of thiophene rings is 1. The molecule has 0 radical (unpaired) electrons. The predicted octanol–water partition coefficient (Wildman–Crippen LogP) is 7.41. The molecule has 6 rings (SSSR count). The Labute approximate surface area is 251 Å². The molecule has 8 nitrogen and oxygen atoms in total. The Morgan fingerprint density at radius 3 is 2.58 bits per heavy atom. The van der Waals surface area contributed by atoms with Gasteiger partial charge in [-0.15, -0.1) is 11.3 Å². The lowest BCUT2D eigenvalue weighted by Gasteiger charge is -2.17. The van der Waals surface area contributed by atoms with E-state index < -0.39 is 0 Å². The molecule has 3 heterocycles. The minimum absolute atomic E-state index is 0.0880. The molecule has 6 aromatic rings. The van der Waals surface area contributed by atoms with Gasteiger partial charge in [0, 0.05) is 38.7 Å². The number of aryl methyl sites for hydroxylation is 1. The van der Waals surface area contributed by atoms with Gasteiger partial charge < -0.3 is 25.1 Å². The van der Waals surface area contributed by atoms with E-state index in [1.165, 1.54) is 12.1 Å². The zero-order chi connectivity index (χ0) is 30.1. The zero-order valence-electron chi connectivity index (χ0n) is 24.1. The molecule has 3 aromatic heterocycles. The van der Waals surface area contributed by atoms with Gasteiger partial charge in [-0.2, -0.15) is 0 Å². The van der Waals surface area contributed by atoms with Crippen molar-refractivity contribution in [3.8, 4) is 21.9 Å². The molecule has 3 aromatic carbocycles. The van der Waals surface area contributed by atoms with E-state index in [1.807, 2.05) is 61.5 Å². The molecule has 10 heteroatoms. The molecule has 3 N–H and O–H groups in total. The van der Waals surface area contributed by atoms with Gasteiger partial charge in [0.1, 0.15) is 23.2 Å². The van der Waals surface area contributed by atoms with Crippen molar-refractivity contribution < 1.29 is 18.7 Å². The van der Waals surface area contributed by atoms with Crippen molar-refractivity contribution in [1.82, 2.24) is 20.3 Å². The normalized spacial score (nSPS) is 11.9. The first-order valence-electron chi connectivity index (χ1n) is 13.7. The smallest absolute Gasteiger partial charge is 0.267 e. The number of nitrogens with zero attached hydrogens (tertiary/aromatic N) is 2. The number of ether oxygens (including phenoxy) is 2.